The zero-order valence-electron chi connectivity index (χ0n) is 26.1. The molecule has 2 aliphatic rings. The number of amidine groups is 1. The molecule has 2 amide bonds. The highest BCUT2D eigenvalue weighted by Crippen LogP contribution is 2.31. The number of nitrogens with zero attached hydrogens (tertiary/aromatic N) is 3. The number of rotatable bonds is 10. The summed E-state index contributed by atoms with van der Waals surface area (Å²) in [7, 11) is -3.75. The first-order valence-corrected chi connectivity index (χ1v) is 17.1. The van der Waals surface area contributed by atoms with E-state index in [9.17, 15) is 18.0 Å². The van der Waals surface area contributed by atoms with E-state index in [1.807, 2.05) is 13.0 Å². The van der Waals surface area contributed by atoms with Crippen LogP contribution < -0.4 is 25.8 Å². The second-order valence-corrected chi connectivity index (χ2v) is 13.4. The smallest absolute Gasteiger partial charge is 0.255 e. The fraction of sp³-hybridized carbons (Fsp3) is 0.324. The van der Waals surface area contributed by atoms with Crippen molar-refractivity contribution in [3.63, 3.8) is 0 Å². The number of hydrogen-bond donors (Lipinski definition) is 3. The minimum absolute atomic E-state index is 0.0187. The number of primary amides is 1. The molecule has 0 aliphatic carbocycles. The van der Waals surface area contributed by atoms with Gasteiger partial charge in [-0.2, -0.15) is 0 Å². The van der Waals surface area contributed by atoms with E-state index in [1.165, 1.54) is 10.4 Å². The number of piperidine rings is 1. The summed E-state index contributed by atoms with van der Waals surface area (Å²) in [5.74, 6) is 0.500. The lowest BCUT2D eigenvalue weighted by atomic mass is 10.0. The van der Waals surface area contributed by atoms with Crippen LogP contribution >= 0.6 is 0 Å². The van der Waals surface area contributed by atoms with Crippen LogP contribution in [-0.4, -0.2) is 69.5 Å². The first kappa shape index (κ1) is 32.6. The van der Waals surface area contributed by atoms with Crippen molar-refractivity contribution in [3.05, 3.63) is 89.0 Å². The normalized spacial score (nSPS) is 15.5. The summed E-state index contributed by atoms with van der Waals surface area (Å²) in [5, 5.41) is 2.88. The maximum atomic E-state index is 12.9. The molecule has 0 bridgehead atoms. The zero-order valence-corrected chi connectivity index (χ0v) is 26.9. The van der Waals surface area contributed by atoms with Crippen LogP contribution in [0, 0.1) is 6.92 Å². The molecule has 242 valence electrons. The van der Waals surface area contributed by atoms with Crippen molar-refractivity contribution >= 4 is 50.8 Å². The van der Waals surface area contributed by atoms with Crippen LogP contribution in [0.5, 0.6) is 5.75 Å². The van der Waals surface area contributed by atoms with E-state index in [2.05, 4.69) is 15.2 Å². The number of nitrogens with two attached hydrogens (primary N) is 2. The van der Waals surface area contributed by atoms with Crippen LogP contribution in [0.2, 0.25) is 0 Å². The number of carbonyl (C=O) groups is 2. The molecule has 1 saturated heterocycles. The number of nitrogens with one attached hydrogen (secondary N) is 1. The van der Waals surface area contributed by atoms with Crippen LogP contribution in [0.1, 0.15) is 57.5 Å². The molecule has 0 spiro atoms. The van der Waals surface area contributed by atoms with E-state index >= 15 is 0 Å². The van der Waals surface area contributed by atoms with Gasteiger partial charge in [-0.3, -0.25) is 18.9 Å². The molecule has 46 heavy (non-hydrogen) atoms. The summed E-state index contributed by atoms with van der Waals surface area (Å²) < 4.78 is 33.2. The number of hydrogen-bond acceptors (Lipinski definition) is 8. The van der Waals surface area contributed by atoms with Crippen LogP contribution in [0.15, 0.2) is 71.7 Å². The lowest BCUT2D eigenvalue weighted by Gasteiger charge is -2.34. The number of ether oxygens (including phenoxy) is 1. The first-order valence-electron chi connectivity index (χ1n) is 15.3. The number of sulfonamides is 1. The average molecular weight is 645 g/mol. The van der Waals surface area contributed by atoms with Crippen molar-refractivity contribution in [3.8, 4) is 5.75 Å². The molecule has 0 atom stereocenters. The van der Waals surface area contributed by atoms with Gasteiger partial charge in [-0.1, -0.05) is 36.4 Å². The molecule has 0 radical (unpaired) electrons. The summed E-state index contributed by atoms with van der Waals surface area (Å²) in [4.78, 5) is 32.1. The summed E-state index contributed by atoms with van der Waals surface area (Å²) in [6, 6.07) is 17.0. The predicted octanol–water partition coefficient (Wildman–Crippen LogP) is 4.44. The lowest BCUT2D eigenvalue weighted by molar-refractivity contribution is 0.0980. The third kappa shape index (κ3) is 7.68. The zero-order chi connectivity index (χ0) is 32.8. The molecule has 0 unspecified atom stereocenters. The van der Waals surface area contributed by atoms with Crippen LogP contribution in [-0.2, 0) is 10.0 Å². The van der Waals surface area contributed by atoms with E-state index < -0.39 is 15.9 Å². The highest BCUT2D eigenvalue weighted by Gasteiger charge is 2.26. The van der Waals surface area contributed by atoms with Crippen molar-refractivity contribution in [2.75, 3.05) is 47.8 Å². The van der Waals surface area contributed by atoms with Gasteiger partial charge in [0.25, 0.3) is 11.8 Å². The molecule has 0 saturated carbocycles. The summed E-state index contributed by atoms with van der Waals surface area (Å²) >= 11 is 0. The number of aliphatic imine (C=N–C) groups is 1. The average Bonchev–Trinajstić information content (AvgIpc) is 3.58. The van der Waals surface area contributed by atoms with E-state index in [0.29, 0.717) is 22.7 Å². The van der Waals surface area contributed by atoms with Gasteiger partial charge in [-0.15, -0.1) is 0 Å². The quantitative estimate of drug-likeness (QED) is 0.275. The number of nitrogen functional groups attached to an aromatic ring is 1. The SMILES string of the molecule is Cc1c(C=CCN(c2ccc(OC3CCN(C4=NCCC4)CC3)c(C(N)=O)c2)S(C)(=O)=O)ccc(N)c1NC(=O)c1ccccc1. The lowest BCUT2D eigenvalue weighted by Crippen LogP contribution is -2.41. The predicted molar refractivity (Wildman–Crippen MR) is 183 cm³/mol. The first-order chi connectivity index (χ1) is 22.0. The van der Waals surface area contributed by atoms with E-state index in [1.54, 1.807) is 60.7 Å². The van der Waals surface area contributed by atoms with Crippen molar-refractivity contribution in [2.45, 2.75) is 38.7 Å². The fourth-order valence-electron chi connectivity index (χ4n) is 5.74. The number of likely N-dealkylation sites (tertiary alicyclic amines) is 1. The van der Waals surface area contributed by atoms with Gasteiger partial charge in [0.15, 0.2) is 0 Å². The Hall–Kier alpha value is -4.84. The number of carbonyl (C=O) groups excluding carboxylic acids is 2. The van der Waals surface area contributed by atoms with Crippen molar-refractivity contribution in [1.29, 1.82) is 0 Å². The molecule has 2 heterocycles. The third-order valence-corrected chi connectivity index (χ3v) is 9.41. The van der Waals surface area contributed by atoms with E-state index in [-0.39, 0.29) is 29.8 Å². The second-order valence-electron chi connectivity index (χ2n) is 11.5. The summed E-state index contributed by atoms with van der Waals surface area (Å²) in [6.45, 7) is 4.36. The molecule has 0 aromatic heterocycles. The van der Waals surface area contributed by atoms with Gasteiger partial charge < -0.3 is 26.4 Å². The summed E-state index contributed by atoms with van der Waals surface area (Å²) in [5.41, 5.74) is 15.2. The maximum absolute atomic E-state index is 12.9. The van der Waals surface area contributed by atoms with Gasteiger partial charge in [0.05, 0.1) is 41.3 Å². The Bertz CT molecular complexity index is 1770. The minimum Gasteiger partial charge on any atom is -0.489 e. The molecular formula is C34H40N6O5S. The van der Waals surface area contributed by atoms with Crippen LogP contribution in [0.25, 0.3) is 6.08 Å². The topological polar surface area (TPSA) is 160 Å². The van der Waals surface area contributed by atoms with E-state index in [4.69, 9.17) is 16.2 Å². The Morgan fingerprint density at radius 3 is 2.50 bits per heavy atom. The Balaban J connectivity index is 1.30. The molecule has 2 aliphatic heterocycles. The monoisotopic (exact) mass is 644 g/mol. The largest absolute Gasteiger partial charge is 0.489 e. The maximum Gasteiger partial charge on any atom is 0.255 e. The molecule has 5 N–H and O–H groups in total. The van der Waals surface area contributed by atoms with Gasteiger partial charge in [0, 0.05) is 44.5 Å². The molecule has 5 rings (SSSR count). The molecule has 1 fully saturated rings. The molecular weight excluding hydrogens is 604 g/mol. The van der Waals surface area contributed by atoms with E-state index in [0.717, 1.165) is 68.5 Å². The van der Waals surface area contributed by atoms with Crippen molar-refractivity contribution in [2.24, 2.45) is 10.7 Å². The fourth-order valence-corrected chi connectivity index (χ4v) is 6.59. The highest BCUT2D eigenvalue weighted by molar-refractivity contribution is 7.92. The molecule has 11 nitrogen and oxygen atoms in total. The number of anilines is 3. The Kier molecular flexibility index (Phi) is 9.96. The van der Waals surface area contributed by atoms with Gasteiger partial charge in [0.1, 0.15) is 11.9 Å². The second kappa shape index (κ2) is 14.1. The van der Waals surface area contributed by atoms with Gasteiger partial charge in [0.2, 0.25) is 10.0 Å². The Labute approximate surface area is 270 Å². The van der Waals surface area contributed by atoms with Crippen molar-refractivity contribution < 1.29 is 22.7 Å². The van der Waals surface area contributed by atoms with Gasteiger partial charge in [-0.05, 0) is 60.9 Å². The number of amides is 2. The minimum atomic E-state index is -3.75. The summed E-state index contributed by atoms with van der Waals surface area (Å²) in [6.07, 6.45) is 8.13. The standard InChI is InChI=1S/C34H40N6O5S/c1-23-24(12-14-29(35)32(23)38-34(42)25-8-4-3-5-9-25)10-7-19-40(46(2,43)44)26-13-15-30(28(22-26)33(36)41)45-27-16-20-39(21-17-27)31-11-6-18-37-31/h3-5,7-10,12-15,22,27H,6,11,16-21,35H2,1-2H3,(H2,36,41)(H,38,42). The van der Waals surface area contributed by atoms with Gasteiger partial charge >= 0.3 is 0 Å². The Morgan fingerprint density at radius 1 is 1.11 bits per heavy atom. The molecule has 3 aromatic carbocycles. The highest BCUT2D eigenvalue weighted by atomic mass is 32.2. The third-order valence-electron chi connectivity index (χ3n) is 8.25. The van der Waals surface area contributed by atoms with Crippen molar-refractivity contribution in [1.82, 2.24) is 4.90 Å². The Morgan fingerprint density at radius 2 is 1.85 bits per heavy atom. The van der Waals surface area contributed by atoms with Crippen LogP contribution in [0.4, 0.5) is 17.1 Å². The molecule has 12 heteroatoms. The molecule has 3 aromatic rings. The van der Waals surface area contributed by atoms with Crippen LogP contribution in [0.3, 0.4) is 0 Å². The van der Waals surface area contributed by atoms with Gasteiger partial charge in [-0.25, -0.2) is 8.42 Å². The number of benzene rings is 3.